The Morgan fingerprint density at radius 1 is 1.28 bits per heavy atom. The van der Waals surface area contributed by atoms with Crippen LogP contribution in [0.3, 0.4) is 0 Å². The molecular formula is C28H38N2O5S. The van der Waals surface area contributed by atoms with E-state index in [0.717, 1.165) is 18.4 Å². The van der Waals surface area contributed by atoms with Gasteiger partial charge >= 0.3 is 5.97 Å². The van der Waals surface area contributed by atoms with E-state index in [1.807, 2.05) is 30.3 Å². The summed E-state index contributed by atoms with van der Waals surface area (Å²) in [6.07, 6.45) is 4.64. The molecule has 0 radical (unpaired) electrons. The Bertz CT molecular complexity index is 972. The zero-order chi connectivity index (χ0) is 25.9. The molecule has 1 aromatic carbocycles. The second-order valence-electron chi connectivity index (χ2n) is 10.1. The summed E-state index contributed by atoms with van der Waals surface area (Å²) in [7, 11) is 0. The van der Waals surface area contributed by atoms with Gasteiger partial charge in [-0.25, -0.2) is 0 Å². The van der Waals surface area contributed by atoms with Gasteiger partial charge in [-0.2, -0.15) is 0 Å². The van der Waals surface area contributed by atoms with Gasteiger partial charge in [0.15, 0.2) is 0 Å². The highest BCUT2D eigenvalue weighted by atomic mass is 32.2. The molecule has 3 saturated heterocycles. The zero-order valence-corrected chi connectivity index (χ0v) is 22.1. The molecule has 4 rings (SSSR count). The van der Waals surface area contributed by atoms with E-state index in [1.54, 1.807) is 34.6 Å². The smallest absolute Gasteiger partial charge is 0.310 e. The first-order valence-corrected chi connectivity index (χ1v) is 14.0. The molecule has 3 unspecified atom stereocenters. The van der Waals surface area contributed by atoms with E-state index in [1.165, 1.54) is 0 Å². The maximum Gasteiger partial charge on any atom is 0.310 e. The number of esters is 1. The average Bonchev–Trinajstić information content (AvgIpc) is 3.46. The Kier molecular flexibility index (Phi) is 8.45. The van der Waals surface area contributed by atoms with Gasteiger partial charge in [0, 0.05) is 31.5 Å². The summed E-state index contributed by atoms with van der Waals surface area (Å²) in [6, 6.07) is 9.19. The number of nitrogens with zero attached hydrogens (tertiary/aromatic N) is 2. The second kappa shape index (κ2) is 11.4. The first-order valence-electron chi connectivity index (χ1n) is 13.1. The number of thioether (sulfide) groups is 1. The number of ether oxygens (including phenoxy) is 1. The first-order chi connectivity index (χ1) is 17.4. The summed E-state index contributed by atoms with van der Waals surface area (Å²) >= 11 is 1.67. The van der Waals surface area contributed by atoms with Gasteiger partial charge in [0.05, 0.1) is 23.2 Å². The number of hydrogen-bond donors (Lipinski definition) is 1. The van der Waals surface area contributed by atoms with Crippen LogP contribution < -0.4 is 0 Å². The van der Waals surface area contributed by atoms with Crippen LogP contribution in [0.15, 0.2) is 43.0 Å². The number of hydrogen-bond acceptors (Lipinski definition) is 6. The Morgan fingerprint density at radius 2 is 2.03 bits per heavy atom. The SMILES string of the molecule is C=CCN(Cc1ccccc1)C(=O)C1N(CCCCCO)C(=O)[C@@H]2[C@H](C(=O)OCC)[C@@H]3CC(C)C12S3. The van der Waals surface area contributed by atoms with E-state index in [-0.39, 0.29) is 42.2 Å². The van der Waals surface area contributed by atoms with Crippen molar-refractivity contribution in [2.75, 3.05) is 26.3 Å². The van der Waals surface area contributed by atoms with Gasteiger partial charge in [-0.15, -0.1) is 18.3 Å². The van der Waals surface area contributed by atoms with Crippen LogP contribution in [-0.2, 0) is 25.7 Å². The van der Waals surface area contributed by atoms with E-state index in [0.29, 0.717) is 32.5 Å². The number of carbonyl (C=O) groups excluding carboxylic acids is 3. The molecule has 1 spiro atoms. The number of fused-ring (bicyclic) bond motifs is 1. The fourth-order valence-electron chi connectivity index (χ4n) is 6.48. The third-order valence-corrected chi connectivity index (χ3v) is 10.0. The van der Waals surface area contributed by atoms with Crippen LogP contribution in [0.4, 0.5) is 0 Å². The van der Waals surface area contributed by atoms with Gasteiger partial charge in [-0.3, -0.25) is 14.4 Å². The van der Waals surface area contributed by atoms with E-state index >= 15 is 0 Å². The molecule has 36 heavy (non-hydrogen) atoms. The summed E-state index contributed by atoms with van der Waals surface area (Å²) in [5.41, 5.74) is 1.02. The lowest BCUT2D eigenvalue weighted by Gasteiger charge is -2.40. The van der Waals surface area contributed by atoms with Gasteiger partial charge in [0.25, 0.3) is 0 Å². The first kappa shape index (κ1) is 26.7. The largest absolute Gasteiger partial charge is 0.466 e. The maximum absolute atomic E-state index is 14.4. The van der Waals surface area contributed by atoms with Crippen molar-refractivity contribution in [3.05, 3.63) is 48.6 Å². The summed E-state index contributed by atoms with van der Waals surface area (Å²) in [4.78, 5) is 45.0. The molecule has 7 nitrogen and oxygen atoms in total. The minimum absolute atomic E-state index is 0.0122. The molecule has 3 heterocycles. The molecule has 2 amide bonds. The fraction of sp³-hybridized carbons (Fsp3) is 0.607. The topological polar surface area (TPSA) is 87.2 Å². The molecule has 196 valence electrons. The van der Waals surface area contributed by atoms with Crippen molar-refractivity contribution in [3.63, 3.8) is 0 Å². The molecule has 2 bridgehead atoms. The van der Waals surface area contributed by atoms with Gasteiger partial charge in [0.2, 0.25) is 11.8 Å². The molecule has 0 aliphatic carbocycles. The third kappa shape index (κ3) is 4.58. The number of unbranched alkanes of at least 4 members (excludes halogenated alkanes) is 2. The fourth-order valence-corrected chi connectivity index (χ4v) is 8.89. The average molecular weight is 515 g/mol. The molecule has 0 aromatic heterocycles. The Labute approximate surface area is 218 Å². The predicted molar refractivity (Wildman–Crippen MR) is 140 cm³/mol. The molecule has 1 N–H and O–H groups in total. The highest BCUT2D eigenvalue weighted by molar-refractivity contribution is 8.02. The zero-order valence-electron chi connectivity index (χ0n) is 21.3. The summed E-state index contributed by atoms with van der Waals surface area (Å²) in [6.45, 7) is 9.40. The standard InChI is InChI=1S/C28H38N2O5S/c1-4-14-29(18-20-12-8-6-9-13-20)26(33)24-28-19(3)17-21(36-28)22(27(34)35-5-2)23(28)25(32)30(24)15-10-7-11-16-31/h4,6,8-9,12-13,19,21-24,31H,1,5,7,10-11,14-18H2,2-3H3/t19?,21-,22+,23-,24?,28?/m0/s1. The predicted octanol–water partition coefficient (Wildman–Crippen LogP) is 3.26. The number of amides is 2. The number of carbonyl (C=O) groups is 3. The van der Waals surface area contributed by atoms with Crippen molar-refractivity contribution in [1.29, 1.82) is 0 Å². The lowest BCUT2D eigenvalue weighted by atomic mass is 9.66. The second-order valence-corrected chi connectivity index (χ2v) is 11.7. The highest BCUT2D eigenvalue weighted by Gasteiger charge is 2.76. The van der Waals surface area contributed by atoms with Crippen LogP contribution in [0.1, 0.15) is 45.1 Å². The molecule has 1 aromatic rings. The molecular weight excluding hydrogens is 476 g/mol. The summed E-state index contributed by atoms with van der Waals surface area (Å²) in [5, 5.41) is 9.20. The van der Waals surface area contributed by atoms with Gasteiger partial charge < -0.3 is 19.6 Å². The van der Waals surface area contributed by atoms with Gasteiger partial charge in [-0.05, 0) is 44.1 Å². The number of benzene rings is 1. The molecule has 6 atom stereocenters. The van der Waals surface area contributed by atoms with Crippen LogP contribution >= 0.6 is 11.8 Å². The molecule has 3 fully saturated rings. The summed E-state index contributed by atoms with van der Waals surface area (Å²) < 4.78 is 4.77. The number of aliphatic hydroxyl groups is 1. The number of aliphatic hydroxyl groups excluding tert-OH is 1. The van der Waals surface area contributed by atoms with Crippen LogP contribution in [0.2, 0.25) is 0 Å². The normalized spacial score (nSPS) is 30.4. The lowest BCUT2D eigenvalue weighted by molar-refractivity contribution is -0.154. The Hall–Kier alpha value is -2.32. The van der Waals surface area contributed by atoms with Crippen molar-refractivity contribution in [2.24, 2.45) is 17.8 Å². The van der Waals surface area contributed by atoms with E-state index in [4.69, 9.17) is 4.74 Å². The van der Waals surface area contributed by atoms with Crippen molar-refractivity contribution in [1.82, 2.24) is 9.80 Å². The molecule has 0 saturated carbocycles. The van der Waals surface area contributed by atoms with E-state index in [2.05, 4.69) is 13.5 Å². The minimum Gasteiger partial charge on any atom is -0.466 e. The number of likely N-dealkylation sites (tertiary alicyclic amines) is 1. The van der Waals surface area contributed by atoms with Crippen molar-refractivity contribution in [2.45, 2.75) is 62.1 Å². The minimum atomic E-state index is -0.649. The third-order valence-electron chi connectivity index (χ3n) is 7.97. The highest BCUT2D eigenvalue weighted by Crippen LogP contribution is 2.68. The van der Waals surface area contributed by atoms with Crippen LogP contribution in [0.25, 0.3) is 0 Å². The van der Waals surface area contributed by atoms with Crippen molar-refractivity contribution < 1.29 is 24.2 Å². The van der Waals surface area contributed by atoms with Crippen LogP contribution in [0, 0.1) is 17.8 Å². The van der Waals surface area contributed by atoms with Crippen LogP contribution in [0.5, 0.6) is 0 Å². The molecule has 8 heteroatoms. The Balaban J connectivity index is 1.71. The number of rotatable bonds is 12. The monoisotopic (exact) mass is 514 g/mol. The van der Waals surface area contributed by atoms with Crippen molar-refractivity contribution in [3.8, 4) is 0 Å². The summed E-state index contributed by atoms with van der Waals surface area (Å²) in [5.74, 6) is -1.45. The van der Waals surface area contributed by atoms with E-state index in [9.17, 15) is 19.5 Å². The maximum atomic E-state index is 14.4. The van der Waals surface area contributed by atoms with Crippen molar-refractivity contribution >= 4 is 29.5 Å². The van der Waals surface area contributed by atoms with Crippen LogP contribution in [-0.4, -0.2) is 75.0 Å². The van der Waals surface area contributed by atoms with E-state index < -0.39 is 22.6 Å². The molecule has 3 aliphatic rings. The Morgan fingerprint density at radius 3 is 2.69 bits per heavy atom. The van der Waals surface area contributed by atoms with Gasteiger partial charge in [-0.1, -0.05) is 43.3 Å². The quantitative estimate of drug-likeness (QED) is 0.262. The lowest BCUT2D eigenvalue weighted by Crippen LogP contribution is -2.57. The van der Waals surface area contributed by atoms with Gasteiger partial charge in [0.1, 0.15) is 6.04 Å². The molecule has 3 aliphatic heterocycles.